The fraction of sp³-hybridized carbons (Fsp3) is 0.500. The maximum Gasteiger partial charge on any atom is 0.221 e. The summed E-state index contributed by atoms with van der Waals surface area (Å²) < 4.78 is 6.07. The molecule has 2 N–H and O–H groups in total. The SMILES string of the molecule is CCC(=O)N[C@@H]1c2ccccc2C2(CCN(Cc3ccc(NC(C)=O)s3)CC2)[C@H]1OC. The van der Waals surface area contributed by atoms with Gasteiger partial charge in [-0.05, 0) is 49.2 Å². The molecule has 2 aliphatic rings. The Balaban J connectivity index is 1.50. The molecule has 2 amide bonds. The molecule has 0 bridgehead atoms. The van der Waals surface area contributed by atoms with Crippen LogP contribution in [0.15, 0.2) is 36.4 Å². The zero-order valence-corrected chi connectivity index (χ0v) is 19.3. The topological polar surface area (TPSA) is 70.7 Å². The Labute approximate surface area is 188 Å². The normalized spacial score (nSPS) is 22.3. The Morgan fingerprint density at radius 1 is 1.19 bits per heavy atom. The van der Waals surface area contributed by atoms with Crippen molar-refractivity contribution in [2.24, 2.45) is 0 Å². The van der Waals surface area contributed by atoms with Crippen molar-refractivity contribution in [2.75, 3.05) is 25.5 Å². The molecule has 1 aliphatic heterocycles. The van der Waals surface area contributed by atoms with Crippen LogP contribution < -0.4 is 10.6 Å². The average molecular weight is 442 g/mol. The van der Waals surface area contributed by atoms with Crippen LogP contribution in [0.4, 0.5) is 5.00 Å². The molecule has 4 rings (SSSR count). The van der Waals surface area contributed by atoms with E-state index in [4.69, 9.17) is 4.74 Å². The molecule has 1 spiro atoms. The number of piperidine rings is 1. The highest BCUT2D eigenvalue weighted by Gasteiger charge is 2.53. The van der Waals surface area contributed by atoms with Crippen molar-refractivity contribution in [3.05, 3.63) is 52.4 Å². The second-order valence-electron chi connectivity index (χ2n) is 8.52. The van der Waals surface area contributed by atoms with Crippen molar-refractivity contribution < 1.29 is 14.3 Å². The first-order chi connectivity index (χ1) is 15.0. The van der Waals surface area contributed by atoms with Gasteiger partial charge in [0.25, 0.3) is 0 Å². The number of methoxy groups -OCH3 is 1. The number of carbonyl (C=O) groups is 2. The summed E-state index contributed by atoms with van der Waals surface area (Å²) in [5.41, 5.74) is 2.44. The first-order valence-corrected chi connectivity index (χ1v) is 11.8. The van der Waals surface area contributed by atoms with Crippen LogP contribution in [0.1, 0.15) is 55.2 Å². The number of likely N-dealkylation sites (tertiary alicyclic amines) is 1. The summed E-state index contributed by atoms with van der Waals surface area (Å²) in [4.78, 5) is 27.2. The smallest absolute Gasteiger partial charge is 0.221 e. The summed E-state index contributed by atoms with van der Waals surface area (Å²) in [5, 5.41) is 6.98. The predicted octanol–water partition coefficient (Wildman–Crippen LogP) is 3.84. The minimum absolute atomic E-state index is 0.0384. The van der Waals surface area contributed by atoms with Gasteiger partial charge in [0.05, 0.1) is 17.1 Å². The molecule has 0 unspecified atom stereocenters. The summed E-state index contributed by atoms with van der Waals surface area (Å²) >= 11 is 1.64. The van der Waals surface area contributed by atoms with E-state index in [9.17, 15) is 9.59 Å². The monoisotopic (exact) mass is 441 g/mol. The number of benzene rings is 1. The van der Waals surface area contributed by atoms with Gasteiger partial charge in [-0.1, -0.05) is 31.2 Å². The van der Waals surface area contributed by atoms with Crippen LogP contribution in [-0.4, -0.2) is 43.0 Å². The van der Waals surface area contributed by atoms with Crippen LogP contribution in [-0.2, 0) is 26.3 Å². The first kappa shape index (κ1) is 22.0. The third kappa shape index (κ3) is 4.27. The van der Waals surface area contributed by atoms with E-state index in [0.29, 0.717) is 6.42 Å². The van der Waals surface area contributed by atoms with Gasteiger partial charge in [-0.3, -0.25) is 14.5 Å². The molecular formula is C24H31N3O3S. The number of fused-ring (bicyclic) bond motifs is 2. The molecule has 1 fully saturated rings. The van der Waals surface area contributed by atoms with Crippen LogP contribution in [0.3, 0.4) is 0 Å². The molecule has 31 heavy (non-hydrogen) atoms. The van der Waals surface area contributed by atoms with Crippen LogP contribution in [0.2, 0.25) is 0 Å². The van der Waals surface area contributed by atoms with Crippen molar-refractivity contribution >= 4 is 28.2 Å². The molecule has 2 aromatic rings. The molecule has 1 saturated heterocycles. The number of hydrogen-bond acceptors (Lipinski definition) is 5. The molecule has 2 heterocycles. The van der Waals surface area contributed by atoms with E-state index < -0.39 is 0 Å². The molecule has 1 aromatic carbocycles. The highest BCUT2D eigenvalue weighted by atomic mass is 32.1. The van der Waals surface area contributed by atoms with E-state index >= 15 is 0 Å². The average Bonchev–Trinajstić information content (AvgIpc) is 3.30. The quantitative estimate of drug-likeness (QED) is 0.715. The molecule has 166 valence electrons. The van der Waals surface area contributed by atoms with Crippen LogP contribution in [0, 0.1) is 0 Å². The number of hydrogen-bond donors (Lipinski definition) is 2. The largest absolute Gasteiger partial charge is 0.378 e. The number of nitrogens with one attached hydrogen (secondary N) is 2. The summed E-state index contributed by atoms with van der Waals surface area (Å²) in [6.07, 6.45) is 2.39. The number of carbonyl (C=O) groups excluding carboxylic acids is 2. The van der Waals surface area contributed by atoms with E-state index in [1.807, 2.05) is 19.1 Å². The van der Waals surface area contributed by atoms with Gasteiger partial charge in [0, 0.05) is 37.3 Å². The van der Waals surface area contributed by atoms with Gasteiger partial charge < -0.3 is 15.4 Å². The van der Waals surface area contributed by atoms with Crippen LogP contribution in [0.25, 0.3) is 0 Å². The zero-order chi connectivity index (χ0) is 22.0. The molecule has 2 atom stereocenters. The van der Waals surface area contributed by atoms with Gasteiger partial charge in [0.2, 0.25) is 11.8 Å². The van der Waals surface area contributed by atoms with Gasteiger partial charge in [-0.2, -0.15) is 0 Å². The summed E-state index contributed by atoms with van der Waals surface area (Å²) in [6.45, 7) is 6.24. The van der Waals surface area contributed by atoms with E-state index in [1.165, 1.54) is 22.9 Å². The lowest BCUT2D eigenvalue weighted by Gasteiger charge is -2.44. The van der Waals surface area contributed by atoms with Crippen molar-refractivity contribution in [2.45, 2.75) is 57.2 Å². The maximum absolute atomic E-state index is 12.2. The van der Waals surface area contributed by atoms with E-state index in [1.54, 1.807) is 18.4 Å². The highest BCUT2D eigenvalue weighted by Crippen LogP contribution is 2.52. The minimum atomic E-state index is -0.0993. The van der Waals surface area contributed by atoms with Gasteiger partial charge in [0.15, 0.2) is 0 Å². The fourth-order valence-electron chi connectivity index (χ4n) is 5.24. The second-order valence-corrected chi connectivity index (χ2v) is 9.69. The Morgan fingerprint density at radius 3 is 2.61 bits per heavy atom. The van der Waals surface area contributed by atoms with Crippen molar-refractivity contribution in [3.63, 3.8) is 0 Å². The third-order valence-electron chi connectivity index (χ3n) is 6.66. The molecular weight excluding hydrogens is 410 g/mol. The lowest BCUT2D eigenvalue weighted by atomic mass is 9.72. The molecule has 7 heteroatoms. The standard InChI is InChI=1S/C24H31N3O3S/c1-4-20(29)26-22-18-7-5-6-8-19(18)24(23(22)30-3)11-13-27(14-12-24)15-17-9-10-21(31-17)25-16(2)28/h5-10,22-23H,4,11-15H2,1-3H3,(H,25,28)(H,26,29)/t22-,23+/m1/s1. The number of anilines is 1. The van der Waals surface area contributed by atoms with Gasteiger partial charge in [-0.25, -0.2) is 0 Å². The van der Waals surface area contributed by atoms with Crippen LogP contribution in [0.5, 0.6) is 0 Å². The minimum Gasteiger partial charge on any atom is -0.378 e. The summed E-state index contributed by atoms with van der Waals surface area (Å²) in [6, 6.07) is 12.5. The lowest BCUT2D eigenvalue weighted by molar-refractivity contribution is -0.123. The van der Waals surface area contributed by atoms with Crippen molar-refractivity contribution in [1.82, 2.24) is 10.2 Å². The summed E-state index contributed by atoms with van der Waals surface area (Å²) in [7, 11) is 1.77. The number of amides is 2. The highest BCUT2D eigenvalue weighted by molar-refractivity contribution is 7.16. The first-order valence-electron chi connectivity index (χ1n) is 11.0. The van der Waals surface area contributed by atoms with E-state index in [0.717, 1.165) is 37.5 Å². The number of nitrogens with zero attached hydrogens (tertiary/aromatic N) is 1. The van der Waals surface area contributed by atoms with Crippen molar-refractivity contribution in [1.29, 1.82) is 0 Å². The van der Waals surface area contributed by atoms with Gasteiger partial charge >= 0.3 is 0 Å². The van der Waals surface area contributed by atoms with Gasteiger partial charge in [0.1, 0.15) is 0 Å². The second kappa shape index (κ2) is 9.10. The third-order valence-corrected chi connectivity index (χ3v) is 7.65. The molecule has 0 radical (unpaired) electrons. The Hall–Kier alpha value is -2.22. The van der Waals surface area contributed by atoms with E-state index in [2.05, 4.69) is 39.8 Å². The van der Waals surface area contributed by atoms with E-state index in [-0.39, 0.29) is 29.4 Å². The fourth-order valence-corrected chi connectivity index (χ4v) is 6.23. The number of rotatable bonds is 6. The summed E-state index contributed by atoms with van der Waals surface area (Å²) in [5.74, 6) is 0.0209. The Kier molecular flexibility index (Phi) is 6.46. The van der Waals surface area contributed by atoms with Crippen molar-refractivity contribution in [3.8, 4) is 0 Å². The predicted molar refractivity (Wildman–Crippen MR) is 123 cm³/mol. The molecule has 0 saturated carbocycles. The molecule has 1 aliphatic carbocycles. The van der Waals surface area contributed by atoms with Gasteiger partial charge in [-0.15, -0.1) is 11.3 Å². The lowest BCUT2D eigenvalue weighted by Crippen LogP contribution is -2.50. The Bertz CT molecular complexity index is 949. The number of ether oxygens (including phenoxy) is 1. The maximum atomic E-state index is 12.2. The zero-order valence-electron chi connectivity index (χ0n) is 18.4. The molecule has 6 nitrogen and oxygen atoms in total. The number of thiophene rings is 1. The molecule has 1 aromatic heterocycles. The Morgan fingerprint density at radius 2 is 1.94 bits per heavy atom. The van der Waals surface area contributed by atoms with Crippen LogP contribution >= 0.6 is 11.3 Å².